The van der Waals surface area contributed by atoms with E-state index in [1.165, 1.54) is 0 Å². The fourth-order valence-electron chi connectivity index (χ4n) is 1.15. The topological polar surface area (TPSA) is 83.5 Å². The summed E-state index contributed by atoms with van der Waals surface area (Å²) < 4.78 is 0. The second kappa shape index (κ2) is 5.98. The molecule has 0 bridgehead atoms. The Morgan fingerprint density at radius 3 is 3.07 bits per heavy atom. The fraction of sp³-hybridized carbons (Fsp3) is 0.400. The molecule has 0 aliphatic heterocycles. The molecular weight excluding hydrogens is 192 g/mol. The van der Waals surface area contributed by atoms with Crippen molar-refractivity contribution in [2.45, 2.75) is 19.4 Å². The molecule has 1 rings (SSSR count). The molecule has 4 N–H and O–H groups in total. The molecule has 15 heavy (non-hydrogen) atoms. The summed E-state index contributed by atoms with van der Waals surface area (Å²) >= 11 is 0. The molecule has 1 aromatic rings. The molecule has 1 heterocycles. The highest BCUT2D eigenvalue weighted by molar-refractivity contribution is 5.84. The van der Waals surface area contributed by atoms with E-state index in [0.717, 1.165) is 18.7 Å². The van der Waals surface area contributed by atoms with Crippen molar-refractivity contribution in [3.8, 4) is 0 Å². The summed E-state index contributed by atoms with van der Waals surface area (Å²) in [5.41, 5.74) is 6.44. The Morgan fingerprint density at radius 2 is 2.47 bits per heavy atom. The largest absolute Gasteiger partial charge is 0.409 e. The Morgan fingerprint density at radius 1 is 1.67 bits per heavy atom. The smallest absolute Gasteiger partial charge is 0.156 e. The summed E-state index contributed by atoms with van der Waals surface area (Å²) in [5.74, 6) is 0.191. The molecule has 0 spiro atoms. The molecule has 0 aliphatic rings. The van der Waals surface area contributed by atoms with E-state index < -0.39 is 0 Å². The van der Waals surface area contributed by atoms with Crippen LogP contribution in [0.1, 0.15) is 12.6 Å². The molecule has 5 heteroatoms. The lowest BCUT2D eigenvalue weighted by Gasteiger charge is -2.11. The lowest BCUT2D eigenvalue weighted by molar-refractivity contribution is 0.315. The van der Waals surface area contributed by atoms with Crippen molar-refractivity contribution in [2.24, 2.45) is 10.9 Å². The molecule has 0 aromatic carbocycles. The van der Waals surface area contributed by atoms with Crippen LogP contribution in [0.25, 0.3) is 0 Å². The first-order valence-corrected chi connectivity index (χ1v) is 4.84. The van der Waals surface area contributed by atoms with Gasteiger partial charge in [0.15, 0.2) is 5.84 Å². The SMILES string of the molecule is CC(NCCc1ccccn1)C(N)=NO. The molecule has 0 saturated carbocycles. The Bertz CT molecular complexity index is 312. The molecule has 0 amide bonds. The van der Waals surface area contributed by atoms with Crippen LogP contribution in [-0.2, 0) is 6.42 Å². The predicted octanol–water partition coefficient (Wildman–Crippen LogP) is 0.349. The molecule has 1 atom stereocenters. The van der Waals surface area contributed by atoms with Crippen LogP contribution in [0.15, 0.2) is 29.6 Å². The van der Waals surface area contributed by atoms with Crippen molar-refractivity contribution in [3.63, 3.8) is 0 Å². The summed E-state index contributed by atoms with van der Waals surface area (Å²) in [6.45, 7) is 2.59. The van der Waals surface area contributed by atoms with Crippen LogP contribution < -0.4 is 11.1 Å². The summed E-state index contributed by atoms with van der Waals surface area (Å²) in [5, 5.41) is 14.5. The number of amidine groups is 1. The number of pyridine rings is 1. The van der Waals surface area contributed by atoms with Gasteiger partial charge in [0.05, 0.1) is 6.04 Å². The quantitative estimate of drug-likeness (QED) is 0.282. The molecule has 0 saturated heterocycles. The lowest BCUT2D eigenvalue weighted by Crippen LogP contribution is -2.39. The van der Waals surface area contributed by atoms with Crippen molar-refractivity contribution in [3.05, 3.63) is 30.1 Å². The van der Waals surface area contributed by atoms with Gasteiger partial charge in [-0.05, 0) is 19.1 Å². The first kappa shape index (κ1) is 11.5. The van der Waals surface area contributed by atoms with E-state index in [4.69, 9.17) is 10.9 Å². The minimum atomic E-state index is -0.126. The van der Waals surface area contributed by atoms with Crippen LogP contribution in [0.3, 0.4) is 0 Å². The third-order valence-corrected chi connectivity index (χ3v) is 2.12. The van der Waals surface area contributed by atoms with Crippen LogP contribution in [0.5, 0.6) is 0 Å². The minimum absolute atomic E-state index is 0.126. The van der Waals surface area contributed by atoms with Crippen LogP contribution in [0.4, 0.5) is 0 Å². The standard InChI is InChI=1S/C10H16N4O/c1-8(10(11)14-15)12-7-5-9-4-2-3-6-13-9/h2-4,6,8,12,15H,5,7H2,1H3,(H2,11,14). The molecular formula is C10H16N4O. The third-order valence-electron chi connectivity index (χ3n) is 2.12. The second-order valence-corrected chi connectivity index (χ2v) is 3.27. The maximum Gasteiger partial charge on any atom is 0.156 e. The zero-order valence-electron chi connectivity index (χ0n) is 8.72. The number of hydrogen-bond donors (Lipinski definition) is 3. The highest BCUT2D eigenvalue weighted by Crippen LogP contribution is 1.93. The average molecular weight is 208 g/mol. The first-order valence-electron chi connectivity index (χ1n) is 4.84. The molecule has 0 fully saturated rings. The second-order valence-electron chi connectivity index (χ2n) is 3.27. The van der Waals surface area contributed by atoms with Crippen molar-refractivity contribution in [1.82, 2.24) is 10.3 Å². The maximum atomic E-state index is 8.43. The van der Waals surface area contributed by atoms with E-state index in [1.54, 1.807) is 6.20 Å². The monoisotopic (exact) mass is 208 g/mol. The van der Waals surface area contributed by atoms with Gasteiger partial charge in [-0.25, -0.2) is 0 Å². The molecule has 1 unspecified atom stereocenters. The van der Waals surface area contributed by atoms with Gasteiger partial charge in [0.1, 0.15) is 0 Å². The number of nitrogens with zero attached hydrogens (tertiary/aromatic N) is 2. The molecule has 5 nitrogen and oxygen atoms in total. The summed E-state index contributed by atoms with van der Waals surface area (Å²) in [4.78, 5) is 4.19. The van der Waals surface area contributed by atoms with Gasteiger partial charge in [-0.3, -0.25) is 4.98 Å². The van der Waals surface area contributed by atoms with Gasteiger partial charge >= 0.3 is 0 Å². The normalized spacial score (nSPS) is 13.8. The van der Waals surface area contributed by atoms with Gasteiger partial charge in [-0.2, -0.15) is 0 Å². The van der Waals surface area contributed by atoms with Crippen LogP contribution in [0.2, 0.25) is 0 Å². The average Bonchev–Trinajstić information content (AvgIpc) is 2.29. The van der Waals surface area contributed by atoms with E-state index in [2.05, 4.69) is 15.5 Å². The lowest BCUT2D eigenvalue weighted by atomic mass is 10.2. The van der Waals surface area contributed by atoms with E-state index in [9.17, 15) is 0 Å². The summed E-state index contributed by atoms with van der Waals surface area (Å²) in [6, 6.07) is 5.68. The van der Waals surface area contributed by atoms with Crippen LogP contribution >= 0.6 is 0 Å². The predicted molar refractivity (Wildman–Crippen MR) is 58.8 cm³/mol. The van der Waals surface area contributed by atoms with Crippen LogP contribution in [0, 0.1) is 0 Å². The van der Waals surface area contributed by atoms with Crippen molar-refractivity contribution in [1.29, 1.82) is 0 Å². The highest BCUT2D eigenvalue weighted by atomic mass is 16.4. The number of nitrogens with two attached hydrogens (primary N) is 1. The number of oxime groups is 1. The summed E-state index contributed by atoms with van der Waals surface area (Å²) in [7, 11) is 0. The minimum Gasteiger partial charge on any atom is -0.409 e. The van der Waals surface area contributed by atoms with E-state index in [-0.39, 0.29) is 11.9 Å². The zero-order valence-corrected chi connectivity index (χ0v) is 8.72. The molecule has 1 aromatic heterocycles. The van der Waals surface area contributed by atoms with E-state index in [0.29, 0.717) is 0 Å². The van der Waals surface area contributed by atoms with Crippen molar-refractivity contribution in [2.75, 3.05) is 6.54 Å². The molecule has 82 valence electrons. The molecule has 0 radical (unpaired) electrons. The van der Waals surface area contributed by atoms with Gasteiger partial charge in [0.25, 0.3) is 0 Å². The van der Waals surface area contributed by atoms with Crippen LogP contribution in [-0.4, -0.2) is 28.6 Å². The van der Waals surface area contributed by atoms with Crippen molar-refractivity contribution >= 4 is 5.84 Å². The zero-order chi connectivity index (χ0) is 11.1. The Labute approximate surface area is 89.0 Å². The summed E-state index contributed by atoms with van der Waals surface area (Å²) in [6.07, 6.45) is 2.59. The van der Waals surface area contributed by atoms with Gasteiger partial charge < -0.3 is 16.3 Å². The van der Waals surface area contributed by atoms with E-state index >= 15 is 0 Å². The van der Waals surface area contributed by atoms with E-state index in [1.807, 2.05) is 25.1 Å². The fourth-order valence-corrected chi connectivity index (χ4v) is 1.15. The Kier molecular flexibility index (Phi) is 4.56. The van der Waals surface area contributed by atoms with Gasteiger partial charge in [0.2, 0.25) is 0 Å². The van der Waals surface area contributed by atoms with Gasteiger partial charge in [0, 0.05) is 24.9 Å². The Hall–Kier alpha value is -1.62. The number of aromatic nitrogens is 1. The molecule has 0 aliphatic carbocycles. The van der Waals surface area contributed by atoms with Gasteiger partial charge in [-0.1, -0.05) is 11.2 Å². The number of nitrogens with one attached hydrogen (secondary N) is 1. The maximum absolute atomic E-state index is 8.43. The number of rotatable bonds is 5. The van der Waals surface area contributed by atoms with Crippen molar-refractivity contribution < 1.29 is 5.21 Å². The highest BCUT2D eigenvalue weighted by Gasteiger charge is 2.05. The first-order chi connectivity index (χ1) is 7.24. The van der Waals surface area contributed by atoms with Gasteiger partial charge in [-0.15, -0.1) is 0 Å². The Balaban J connectivity index is 2.28. The number of hydrogen-bond acceptors (Lipinski definition) is 4. The third kappa shape index (κ3) is 3.95.